The van der Waals surface area contributed by atoms with Crippen LogP contribution < -0.4 is 5.56 Å². The molecule has 0 unspecified atom stereocenters. The molecule has 0 aliphatic rings. The van der Waals surface area contributed by atoms with Crippen molar-refractivity contribution in [2.24, 2.45) is 0 Å². The molecule has 1 heterocycles. The maximum atomic E-state index is 12.5. The summed E-state index contributed by atoms with van der Waals surface area (Å²) in [5.74, 6) is -1.11. The third kappa shape index (κ3) is 2.44. The molecule has 2 aromatic carbocycles. The monoisotopic (exact) mass is 310 g/mol. The van der Waals surface area contributed by atoms with Crippen molar-refractivity contribution in [3.8, 4) is 5.75 Å². The number of nitrogens with zero attached hydrogens (tertiary/aromatic N) is 1. The second-order valence-electron chi connectivity index (χ2n) is 4.86. The zero-order valence-electron chi connectivity index (χ0n) is 11.6. The Morgan fingerprint density at radius 3 is 2.39 bits per heavy atom. The van der Waals surface area contributed by atoms with Gasteiger partial charge in [-0.3, -0.25) is 19.7 Å². The van der Waals surface area contributed by atoms with E-state index in [1.54, 1.807) is 24.3 Å². The molecule has 0 fully saturated rings. The number of nitro groups is 1. The summed E-state index contributed by atoms with van der Waals surface area (Å²) >= 11 is 0. The fraction of sp³-hybridized carbons (Fsp3) is 0. The lowest BCUT2D eigenvalue weighted by molar-refractivity contribution is -0.384. The van der Waals surface area contributed by atoms with Crippen molar-refractivity contribution < 1.29 is 14.8 Å². The molecule has 3 rings (SSSR count). The zero-order chi connectivity index (χ0) is 16.6. The Hall–Kier alpha value is -3.48. The highest BCUT2D eigenvalue weighted by molar-refractivity contribution is 6.12. The maximum absolute atomic E-state index is 12.5. The van der Waals surface area contributed by atoms with E-state index >= 15 is 0 Å². The normalized spacial score (nSPS) is 10.6. The lowest BCUT2D eigenvalue weighted by atomic mass is 10.0. The molecule has 23 heavy (non-hydrogen) atoms. The Balaban J connectivity index is 2.14. The van der Waals surface area contributed by atoms with Gasteiger partial charge in [0.2, 0.25) is 5.78 Å². The lowest BCUT2D eigenvalue weighted by Crippen LogP contribution is -2.18. The third-order valence-corrected chi connectivity index (χ3v) is 3.46. The number of nitrogens with one attached hydrogen (secondary N) is 1. The number of carbonyl (C=O) groups excluding carboxylic acids is 1. The number of hydrogen-bond donors (Lipinski definition) is 2. The molecular weight excluding hydrogens is 300 g/mol. The van der Waals surface area contributed by atoms with E-state index in [0.717, 1.165) is 0 Å². The number of hydrogen-bond acceptors (Lipinski definition) is 5. The van der Waals surface area contributed by atoms with Gasteiger partial charge in [-0.15, -0.1) is 0 Å². The summed E-state index contributed by atoms with van der Waals surface area (Å²) < 4.78 is 0. The molecule has 0 bridgehead atoms. The Labute approximate surface area is 129 Å². The van der Waals surface area contributed by atoms with E-state index < -0.39 is 27.6 Å². The van der Waals surface area contributed by atoms with Crippen LogP contribution in [0.1, 0.15) is 15.9 Å². The van der Waals surface area contributed by atoms with E-state index in [0.29, 0.717) is 10.9 Å². The van der Waals surface area contributed by atoms with Gasteiger partial charge in [-0.2, -0.15) is 0 Å². The number of rotatable bonds is 3. The van der Waals surface area contributed by atoms with Gasteiger partial charge in [-0.05, 0) is 24.3 Å². The van der Waals surface area contributed by atoms with Crippen LogP contribution in [-0.2, 0) is 0 Å². The Bertz CT molecular complexity index is 990. The van der Waals surface area contributed by atoms with Crippen LogP contribution in [0.2, 0.25) is 0 Å². The summed E-state index contributed by atoms with van der Waals surface area (Å²) in [6.07, 6.45) is 0. The maximum Gasteiger partial charge on any atom is 0.269 e. The summed E-state index contributed by atoms with van der Waals surface area (Å²) in [5, 5.41) is 21.2. The number of nitro benzene ring substituents is 1. The zero-order valence-corrected chi connectivity index (χ0v) is 11.6. The second kappa shape index (κ2) is 5.38. The summed E-state index contributed by atoms with van der Waals surface area (Å²) in [4.78, 5) is 37.1. The highest BCUT2D eigenvalue weighted by Crippen LogP contribution is 2.26. The Morgan fingerprint density at radius 1 is 1.09 bits per heavy atom. The molecule has 0 radical (unpaired) electrons. The average molecular weight is 310 g/mol. The van der Waals surface area contributed by atoms with Crippen molar-refractivity contribution in [2.45, 2.75) is 0 Å². The summed E-state index contributed by atoms with van der Waals surface area (Å²) in [6, 6.07) is 11.4. The molecule has 0 spiro atoms. The molecule has 0 aliphatic carbocycles. The van der Waals surface area contributed by atoms with Crippen molar-refractivity contribution in [1.29, 1.82) is 0 Å². The van der Waals surface area contributed by atoms with Crippen LogP contribution in [0.4, 0.5) is 5.69 Å². The van der Waals surface area contributed by atoms with Crippen LogP contribution in [0.5, 0.6) is 5.75 Å². The van der Waals surface area contributed by atoms with Gasteiger partial charge in [0.25, 0.3) is 11.2 Å². The molecule has 7 heteroatoms. The van der Waals surface area contributed by atoms with Crippen molar-refractivity contribution in [2.75, 3.05) is 0 Å². The molecule has 0 aliphatic heterocycles. The van der Waals surface area contributed by atoms with E-state index in [4.69, 9.17) is 0 Å². The highest BCUT2D eigenvalue weighted by Gasteiger charge is 2.21. The number of para-hydroxylation sites is 1. The number of H-pyrrole nitrogens is 1. The van der Waals surface area contributed by atoms with E-state index in [2.05, 4.69) is 4.98 Å². The SMILES string of the molecule is O=C(c1ccc([N+](=O)[O-])cc1)c1c(O)c2ccccc2[nH]c1=O. The topological polar surface area (TPSA) is 113 Å². The van der Waals surface area contributed by atoms with E-state index in [-0.39, 0.29) is 11.3 Å². The number of benzene rings is 2. The first-order valence-electron chi connectivity index (χ1n) is 6.62. The van der Waals surface area contributed by atoms with Crippen LogP contribution in [-0.4, -0.2) is 20.8 Å². The van der Waals surface area contributed by atoms with Crippen LogP contribution in [0, 0.1) is 10.1 Å². The first-order chi connectivity index (χ1) is 11.0. The number of fused-ring (bicyclic) bond motifs is 1. The Morgan fingerprint density at radius 2 is 1.74 bits per heavy atom. The molecule has 2 N–H and O–H groups in total. The van der Waals surface area contributed by atoms with Gasteiger partial charge < -0.3 is 10.1 Å². The van der Waals surface area contributed by atoms with Crippen LogP contribution in [0.3, 0.4) is 0 Å². The van der Waals surface area contributed by atoms with Gasteiger partial charge in [-0.25, -0.2) is 0 Å². The summed E-state index contributed by atoms with van der Waals surface area (Å²) in [6.45, 7) is 0. The minimum Gasteiger partial charge on any atom is -0.506 e. The summed E-state index contributed by atoms with van der Waals surface area (Å²) in [5.41, 5.74) is -0.790. The molecule has 0 saturated heterocycles. The van der Waals surface area contributed by atoms with Crippen molar-refractivity contribution >= 4 is 22.4 Å². The van der Waals surface area contributed by atoms with Crippen LogP contribution in [0.25, 0.3) is 10.9 Å². The first-order valence-corrected chi connectivity index (χ1v) is 6.62. The molecular formula is C16H10N2O5. The van der Waals surface area contributed by atoms with Crippen molar-refractivity contribution in [1.82, 2.24) is 4.98 Å². The van der Waals surface area contributed by atoms with Crippen LogP contribution in [0.15, 0.2) is 53.3 Å². The van der Waals surface area contributed by atoms with Gasteiger partial charge >= 0.3 is 0 Å². The number of non-ortho nitro benzene ring substituents is 1. The first kappa shape index (κ1) is 14.5. The fourth-order valence-corrected chi connectivity index (χ4v) is 2.32. The standard InChI is InChI=1S/C16H10N2O5/c19-14(9-5-7-10(8-6-9)18(22)23)13-15(20)11-3-1-2-4-12(11)17-16(13)21/h1-8H,(H2,17,20,21). The van der Waals surface area contributed by atoms with Crippen molar-refractivity contribution in [3.63, 3.8) is 0 Å². The predicted molar refractivity (Wildman–Crippen MR) is 82.8 cm³/mol. The number of aromatic amines is 1. The minimum absolute atomic E-state index is 0.0756. The predicted octanol–water partition coefficient (Wildman–Crippen LogP) is 2.37. The van der Waals surface area contributed by atoms with E-state index in [9.17, 15) is 24.8 Å². The molecule has 7 nitrogen and oxygen atoms in total. The highest BCUT2D eigenvalue weighted by atomic mass is 16.6. The van der Waals surface area contributed by atoms with Gasteiger partial charge in [0, 0.05) is 23.1 Å². The number of aromatic hydroxyl groups is 1. The van der Waals surface area contributed by atoms with Gasteiger partial charge in [0.1, 0.15) is 11.3 Å². The average Bonchev–Trinajstić information content (AvgIpc) is 2.54. The molecule has 0 amide bonds. The largest absolute Gasteiger partial charge is 0.506 e. The summed E-state index contributed by atoms with van der Waals surface area (Å²) in [7, 11) is 0. The fourth-order valence-electron chi connectivity index (χ4n) is 2.32. The number of aromatic nitrogens is 1. The van der Waals surface area contributed by atoms with Gasteiger partial charge in [0.15, 0.2) is 0 Å². The van der Waals surface area contributed by atoms with E-state index in [1.165, 1.54) is 24.3 Å². The smallest absolute Gasteiger partial charge is 0.269 e. The van der Waals surface area contributed by atoms with E-state index in [1.807, 2.05) is 0 Å². The molecule has 0 atom stereocenters. The molecule has 0 saturated carbocycles. The molecule has 3 aromatic rings. The molecule has 114 valence electrons. The van der Waals surface area contributed by atoms with Gasteiger partial charge in [0.05, 0.1) is 10.4 Å². The Kier molecular flexibility index (Phi) is 3.38. The number of ketones is 1. The third-order valence-electron chi connectivity index (χ3n) is 3.46. The lowest BCUT2D eigenvalue weighted by Gasteiger charge is -2.06. The quantitative estimate of drug-likeness (QED) is 0.438. The number of carbonyl (C=O) groups is 1. The molecule has 1 aromatic heterocycles. The van der Waals surface area contributed by atoms with Crippen molar-refractivity contribution in [3.05, 3.63) is 80.1 Å². The van der Waals surface area contributed by atoms with Crippen LogP contribution >= 0.6 is 0 Å². The van der Waals surface area contributed by atoms with Gasteiger partial charge in [-0.1, -0.05) is 12.1 Å². The minimum atomic E-state index is -0.718. The second-order valence-corrected chi connectivity index (χ2v) is 4.86. The number of pyridine rings is 1.